The van der Waals surface area contributed by atoms with E-state index in [-0.39, 0.29) is 6.09 Å². The molecule has 6 nitrogen and oxygen atoms in total. The van der Waals surface area contributed by atoms with Gasteiger partial charge in [0.15, 0.2) is 0 Å². The molecule has 1 saturated heterocycles. The number of nitrogens with zero attached hydrogens (tertiary/aromatic N) is 3. The minimum atomic E-state index is -0.440. The fraction of sp³-hybridized carbons (Fsp3) is 0.647. The first-order chi connectivity index (χ1) is 10.8. The molecule has 0 saturated carbocycles. The van der Waals surface area contributed by atoms with Crippen LogP contribution in [0, 0.1) is 0 Å². The Kier molecular flexibility index (Phi) is 4.19. The zero-order chi connectivity index (χ0) is 16.6. The van der Waals surface area contributed by atoms with Crippen molar-refractivity contribution in [3.63, 3.8) is 0 Å². The van der Waals surface area contributed by atoms with Gasteiger partial charge in [-0.2, -0.15) is 0 Å². The molecule has 0 bridgehead atoms. The lowest BCUT2D eigenvalue weighted by Gasteiger charge is -2.33. The summed E-state index contributed by atoms with van der Waals surface area (Å²) in [7, 11) is 0. The molecule has 1 fully saturated rings. The van der Waals surface area contributed by atoms with Gasteiger partial charge in [-0.1, -0.05) is 6.07 Å². The first-order valence-corrected chi connectivity index (χ1v) is 8.28. The van der Waals surface area contributed by atoms with Crippen LogP contribution in [-0.2, 0) is 17.7 Å². The standard InChI is InChI=1S/C17H26N4O2/c1-17(2,3)23-16(22)21-8-6-13(11-21)20-9-7-14-12(10-20)4-5-15(18)19-14/h4-5,13H,6-11H2,1-3H3,(H2,18,19). The molecule has 0 aromatic carbocycles. The number of hydrogen-bond acceptors (Lipinski definition) is 5. The summed E-state index contributed by atoms with van der Waals surface area (Å²) in [5, 5.41) is 0. The second-order valence-corrected chi connectivity index (χ2v) is 7.43. The minimum Gasteiger partial charge on any atom is -0.444 e. The van der Waals surface area contributed by atoms with Gasteiger partial charge >= 0.3 is 6.09 Å². The van der Waals surface area contributed by atoms with E-state index in [1.165, 1.54) is 5.56 Å². The fourth-order valence-electron chi connectivity index (χ4n) is 3.30. The topological polar surface area (TPSA) is 71.7 Å². The molecule has 3 heterocycles. The van der Waals surface area contributed by atoms with E-state index in [1.54, 1.807) is 0 Å². The highest BCUT2D eigenvalue weighted by Crippen LogP contribution is 2.25. The average Bonchev–Trinajstić information content (AvgIpc) is 2.95. The molecule has 23 heavy (non-hydrogen) atoms. The summed E-state index contributed by atoms with van der Waals surface area (Å²) in [5.41, 5.74) is 7.68. The number of hydrogen-bond donors (Lipinski definition) is 1. The van der Waals surface area contributed by atoms with Gasteiger partial charge in [-0.05, 0) is 38.8 Å². The number of nitrogen functional groups attached to an aromatic ring is 1. The van der Waals surface area contributed by atoms with E-state index in [1.807, 2.05) is 31.7 Å². The smallest absolute Gasteiger partial charge is 0.410 e. The number of rotatable bonds is 1. The molecular formula is C17H26N4O2. The monoisotopic (exact) mass is 318 g/mol. The highest BCUT2D eigenvalue weighted by molar-refractivity contribution is 5.68. The summed E-state index contributed by atoms with van der Waals surface area (Å²) in [6.45, 7) is 9.07. The van der Waals surface area contributed by atoms with E-state index in [2.05, 4.69) is 16.0 Å². The highest BCUT2D eigenvalue weighted by atomic mass is 16.6. The van der Waals surface area contributed by atoms with Crippen molar-refractivity contribution in [3.05, 3.63) is 23.4 Å². The number of ether oxygens (including phenoxy) is 1. The summed E-state index contributed by atoms with van der Waals surface area (Å²) in [4.78, 5) is 20.9. The molecule has 0 radical (unpaired) electrons. The molecule has 126 valence electrons. The number of carbonyl (C=O) groups is 1. The van der Waals surface area contributed by atoms with Gasteiger partial charge in [0.2, 0.25) is 0 Å². The third kappa shape index (κ3) is 3.75. The molecule has 1 unspecified atom stereocenters. The Bertz CT molecular complexity index is 597. The van der Waals surface area contributed by atoms with Crippen LogP contribution in [0.1, 0.15) is 38.4 Å². The maximum atomic E-state index is 12.2. The molecule has 0 aliphatic carbocycles. The Morgan fingerprint density at radius 2 is 2.13 bits per heavy atom. The van der Waals surface area contributed by atoms with Crippen LogP contribution in [0.2, 0.25) is 0 Å². The van der Waals surface area contributed by atoms with Crippen LogP contribution < -0.4 is 5.73 Å². The number of fused-ring (bicyclic) bond motifs is 1. The third-order valence-electron chi connectivity index (χ3n) is 4.43. The minimum absolute atomic E-state index is 0.202. The average molecular weight is 318 g/mol. The van der Waals surface area contributed by atoms with Crippen molar-refractivity contribution >= 4 is 11.9 Å². The van der Waals surface area contributed by atoms with Crippen molar-refractivity contribution in [3.8, 4) is 0 Å². The van der Waals surface area contributed by atoms with Crippen LogP contribution in [0.4, 0.5) is 10.6 Å². The number of carbonyl (C=O) groups excluding carboxylic acids is 1. The molecule has 2 aliphatic heterocycles. The van der Waals surface area contributed by atoms with Gasteiger partial charge in [0.1, 0.15) is 11.4 Å². The van der Waals surface area contributed by atoms with Crippen LogP contribution in [0.5, 0.6) is 0 Å². The Morgan fingerprint density at radius 1 is 1.35 bits per heavy atom. The number of nitrogens with two attached hydrogens (primary N) is 1. The van der Waals surface area contributed by atoms with Crippen molar-refractivity contribution in [2.75, 3.05) is 25.4 Å². The molecule has 1 aromatic heterocycles. The van der Waals surface area contributed by atoms with E-state index >= 15 is 0 Å². The van der Waals surface area contributed by atoms with Gasteiger partial charge in [0, 0.05) is 44.3 Å². The van der Waals surface area contributed by atoms with Gasteiger partial charge in [0.05, 0.1) is 0 Å². The number of amides is 1. The van der Waals surface area contributed by atoms with Gasteiger partial charge in [-0.3, -0.25) is 4.90 Å². The summed E-state index contributed by atoms with van der Waals surface area (Å²) in [6.07, 6.45) is 1.71. The largest absolute Gasteiger partial charge is 0.444 e. The molecule has 1 aromatic rings. The summed E-state index contributed by atoms with van der Waals surface area (Å²) >= 11 is 0. The number of pyridine rings is 1. The SMILES string of the molecule is CC(C)(C)OC(=O)N1CCC(N2CCc3nc(N)ccc3C2)C1. The predicted molar refractivity (Wildman–Crippen MR) is 89.0 cm³/mol. The van der Waals surface area contributed by atoms with Crippen molar-refractivity contribution in [2.45, 2.75) is 51.8 Å². The van der Waals surface area contributed by atoms with E-state index in [0.717, 1.165) is 44.7 Å². The van der Waals surface area contributed by atoms with Crippen molar-refractivity contribution in [1.82, 2.24) is 14.8 Å². The molecule has 3 rings (SSSR count). The third-order valence-corrected chi connectivity index (χ3v) is 4.43. The molecule has 1 amide bonds. The van der Waals surface area contributed by atoms with Crippen molar-refractivity contribution in [2.24, 2.45) is 0 Å². The summed E-state index contributed by atoms with van der Waals surface area (Å²) in [5.74, 6) is 0.592. The van der Waals surface area contributed by atoms with E-state index in [9.17, 15) is 4.79 Å². The van der Waals surface area contributed by atoms with Crippen LogP contribution in [0.3, 0.4) is 0 Å². The Morgan fingerprint density at radius 3 is 2.87 bits per heavy atom. The van der Waals surface area contributed by atoms with Gasteiger partial charge in [-0.15, -0.1) is 0 Å². The van der Waals surface area contributed by atoms with Crippen molar-refractivity contribution < 1.29 is 9.53 Å². The van der Waals surface area contributed by atoms with Crippen LogP contribution in [0.15, 0.2) is 12.1 Å². The predicted octanol–water partition coefficient (Wildman–Crippen LogP) is 2.03. The molecule has 2 aliphatic rings. The molecule has 0 spiro atoms. The van der Waals surface area contributed by atoms with Crippen LogP contribution in [-0.4, -0.2) is 52.2 Å². The van der Waals surface area contributed by atoms with Gasteiger partial charge < -0.3 is 15.4 Å². The molecule has 6 heteroatoms. The lowest BCUT2D eigenvalue weighted by molar-refractivity contribution is 0.0278. The van der Waals surface area contributed by atoms with Gasteiger partial charge in [-0.25, -0.2) is 9.78 Å². The fourth-order valence-corrected chi connectivity index (χ4v) is 3.30. The lowest BCUT2D eigenvalue weighted by Crippen LogP contribution is -2.42. The van der Waals surface area contributed by atoms with Crippen LogP contribution in [0.25, 0.3) is 0 Å². The first kappa shape index (κ1) is 16.1. The normalized spacial score (nSPS) is 22.0. The van der Waals surface area contributed by atoms with E-state index in [0.29, 0.717) is 11.9 Å². The summed E-state index contributed by atoms with van der Waals surface area (Å²) < 4.78 is 5.47. The zero-order valence-corrected chi connectivity index (χ0v) is 14.2. The Hall–Kier alpha value is -1.82. The second kappa shape index (κ2) is 6.00. The summed E-state index contributed by atoms with van der Waals surface area (Å²) in [6, 6.07) is 4.34. The number of likely N-dealkylation sites (tertiary alicyclic amines) is 1. The Balaban J connectivity index is 1.60. The quantitative estimate of drug-likeness (QED) is 0.858. The van der Waals surface area contributed by atoms with Gasteiger partial charge in [0.25, 0.3) is 0 Å². The van der Waals surface area contributed by atoms with Crippen molar-refractivity contribution in [1.29, 1.82) is 0 Å². The number of anilines is 1. The van der Waals surface area contributed by atoms with E-state index < -0.39 is 5.60 Å². The lowest BCUT2D eigenvalue weighted by atomic mass is 10.0. The first-order valence-electron chi connectivity index (χ1n) is 8.28. The molecule has 2 N–H and O–H groups in total. The zero-order valence-electron chi connectivity index (χ0n) is 14.2. The van der Waals surface area contributed by atoms with E-state index in [4.69, 9.17) is 10.5 Å². The second-order valence-electron chi connectivity index (χ2n) is 7.43. The maximum Gasteiger partial charge on any atom is 0.410 e. The number of aromatic nitrogens is 1. The molecular weight excluding hydrogens is 292 g/mol. The maximum absolute atomic E-state index is 12.2. The molecule has 1 atom stereocenters. The Labute approximate surface area is 137 Å². The highest BCUT2D eigenvalue weighted by Gasteiger charge is 2.34. The van der Waals surface area contributed by atoms with Crippen LogP contribution >= 0.6 is 0 Å².